The highest BCUT2D eigenvalue weighted by atomic mass is 35.5. The van der Waals surface area contributed by atoms with Crippen LogP contribution in [-0.4, -0.2) is 59.1 Å². The quantitative estimate of drug-likeness (QED) is 0.194. The summed E-state index contributed by atoms with van der Waals surface area (Å²) in [6.45, 7) is 4.63. The molecule has 4 saturated heterocycles. The second kappa shape index (κ2) is 12.5. The van der Waals surface area contributed by atoms with E-state index in [9.17, 15) is 4.79 Å². The van der Waals surface area contributed by atoms with Crippen molar-refractivity contribution in [2.75, 3.05) is 26.7 Å². The third-order valence-electron chi connectivity index (χ3n) is 11.0. The monoisotopic (exact) mass is 635 g/mol. The standard InChI is InChI=1S/C39H42ClN3O3/c1-45-33-15-17-36-35(21-33)30(23-42(36)22-26-8-13-32(14-9-26)46-25-27-6-11-31(40)12-7-27)20-28-10-16-37-34-5-3-19-41-18-2-4-29(38(34)41)24-43(37)39(28)44/h6-9,11-15,17,20-21,23,29,34,37-38H,2-5,10,16,18-19,22,24-25H2,1H3/b28-20+/t29-,34-,37-,38+/m1/s1. The summed E-state index contributed by atoms with van der Waals surface area (Å²) in [5, 5.41) is 1.83. The lowest BCUT2D eigenvalue weighted by atomic mass is 9.67. The van der Waals surface area contributed by atoms with Gasteiger partial charge >= 0.3 is 0 Å². The second-order valence-corrected chi connectivity index (χ2v) is 14.1. The summed E-state index contributed by atoms with van der Waals surface area (Å²) >= 11 is 6.01. The van der Waals surface area contributed by atoms with E-state index in [-0.39, 0.29) is 5.91 Å². The summed E-state index contributed by atoms with van der Waals surface area (Å²) in [6, 6.07) is 23.4. The SMILES string of the molecule is COc1ccc2c(c1)c(/C=C1\CC[C@@H]3[C@H]4CCCN5CCC[C@H](CN3C1=O)[C@@H]45)cn2Cc1ccc(OCc2ccc(Cl)cc2)cc1. The zero-order chi connectivity index (χ0) is 31.2. The molecule has 1 amide bonds. The molecule has 0 unspecified atom stereocenters. The molecule has 8 rings (SSSR count). The molecule has 4 aliphatic heterocycles. The molecule has 5 heterocycles. The Balaban J connectivity index is 1.03. The Morgan fingerprint density at radius 1 is 0.913 bits per heavy atom. The highest BCUT2D eigenvalue weighted by molar-refractivity contribution is 6.30. The van der Waals surface area contributed by atoms with Crippen LogP contribution in [0.3, 0.4) is 0 Å². The van der Waals surface area contributed by atoms with Gasteiger partial charge in [-0.1, -0.05) is 35.9 Å². The number of halogens is 1. The first-order valence-corrected chi connectivity index (χ1v) is 17.3. The molecule has 4 atom stereocenters. The van der Waals surface area contributed by atoms with Crippen molar-refractivity contribution in [2.24, 2.45) is 11.8 Å². The molecule has 0 radical (unpaired) electrons. The number of fused-ring (bicyclic) bond motifs is 3. The molecule has 0 aliphatic carbocycles. The Morgan fingerprint density at radius 2 is 1.67 bits per heavy atom. The van der Waals surface area contributed by atoms with Crippen LogP contribution >= 0.6 is 11.6 Å². The van der Waals surface area contributed by atoms with Gasteiger partial charge < -0.3 is 18.9 Å². The highest BCUT2D eigenvalue weighted by Gasteiger charge is 2.51. The van der Waals surface area contributed by atoms with E-state index >= 15 is 0 Å². The van der Waals surface area contributed by atoms with Crippen LogP contribution in [0.4, 0.5) is 0 Å². The second-order valence-electron chi connectivity index (χ2n) is 13.6. The van der Waals surface area contributed by atoms with Gasteiger partial charge in [0.25, 0.3) is 0 Å². The van der Waals surface area contributed by atoms with E-state index in [4.69, 9.17) is 21.1 Å². The predicted octanol–water partition coefficient (Wildman–Crippen LogP) is 7.81. The third-order valence-corrected chi connectivity index (χ3v) is 11.2. The van der Waals surface area contributed by atoms with Gasteiger partial charge in [-0.15, -0.1) is 0 Å². The largest absolute Gasteiger partial charge is 0.497 e. The fourth-order valence-electron chi connectivity index (χ4n) is 8.83. The lowest BCUT2D eigenvalue weighted by Crippen LogP contribution is -2.66. The molecule has 46 heavy (non-hydrogen) atoms. The van der Waals surface area contributed by atoms with Crippen LogP contribution < -0.4 is 9.47 Å². The average Bonchev–Trinajstić information content (AvgIpc) is 3.42. The normalized spacial score (nSPS) is 25.4. The fraction of sp³-hybridized carbons (Fsp3) is 0.410. The minimum Gasteiger partial charge on any atom is -0.497 e. The molecule has 0 N–H and O–H groups in total. The highest BCUT2D eigenvalue weighted by Crippen LogP contribution is 2.45. The Labute approximate surface area is 276 Å². The molecule has 238 valence electrons. The number of rotatable bonds is 7. The van der Waals surface area contributed by atoms with Gasteiger partial charge in [0, 0.05) is 58.4 Å². The summed E-state index contributed by atoms with van der Waals surface area (Å²) in [6.07, 6.45) is 11.4. The van der Waals surface area contributed by atoms with Crippen molar-refractivity contribution in [1.29, 1.82) is 0 Å². The van der Waals surface area contributed by atoms with Gasteiger partial charge in [0.2, 0.25) is 5.91 Å². The van der Waals surface area contributed by atoms with Crippen molar-refractivity contribution < 1.29 is 14.3 Å². The third kappa shape index (κ3) is 5.60. The number of benzene rings is 3. The fourth-order valence-corrected chi connectivity index (χ4v) is 8.95. The van der Waals surface area contributed by atoms with Crippen molar-refractivity contribution in [1.82, 2.24) is 14.4 Å². The number of carbonyl (C=O) groups excluding carboxylic acids is 1. The Morgan fingerprint density at radius 3 is 2.48 bits per heavy atom. The molecule has 4 fully saturated rings. The van der Waals surface area contributed by atoms with Crippen LogP contribution in [0.2, 0.25) is 5.02 Å². The molecular weight excluding hydrogens is 594 g/mol. The zero-order valence-electron chi connectivity index (χ0n) is 26.5. The van der Waals surface area contributed by atoms with E-state index < -0.39 is 0 Å². The molecule has 0 bridgehead atoms. The number of aromatic nitrogens is 1. The summed E-state index contributed by atoms with van der Waals surface area (Å²) in [4.78, 5) is 19.2. The zero-order valence-corrected chi connectivity index (χ0v) is 27.3. The summed E-state index contributed by atoms with van der Waals surface area (Å²) < 4.78 is 13.9. The van der Waals surface area contributed by atoms with E-state index in [1.165, 1.54) is 44.3 Å². The van der Waals surface area contributed by atoms with Gasteiger partial charge in [0.15, 0.2) is 0 Å². The van der Waals surface area contributed by atoms with E-state index in [2.05, 4.69) is 50.9 Å². The van der Waals surface area contributed by atoms with E-state index in [0.29, 0.717) is 37.1 Å². The van der Waals surface area contributed by atoms with E-state index in [0.717, 1.165) is 63.5 Å². The number of hydrogen-bond donors (Lipinski definition) is 0. The number of methoxy groups -OCH3 is 1. The van der Waals surface area contributed by atoms with Crippen molar-refractivity contribution >= 4 is 34.5 Å². The average molecular weight is 636 g/mol. The Hall–Kier alpha value is -3.74. The molecule has 6 nitrogen and oxygen atoms in total. The number of amides is 1. The van der Waals surface area contributed by atoms with Crippen molar-refractivity contribution in [3.63, 3.8) is 0 Å². The maximum absolute atomic E-state index is 14.1. The van der Waals surface area contributed by atoms with Crippen molar-refractivity contribution in [3.05, 3.63) is 100 Å². The molecule has 4 aliphatic rings. The summed E-state index contributed by atoms with van der Waals surface area (Å²) in [5.74, 6) is 3.18. The van der Waals surface area contributed by atoms with Crippen LogP contribution in [0.15, 0.2) is 78.5 Å². The predicted molar refractivity (Wildman–Crippen MR) is 183 cm³/mol. The van der Waals surface area contributed by atoms with Gasteiger partial charge in [0.1, 0.15) is 18.1 Å². The van der Waals surface area contributed by atoms with E-state index in [1.54, 1.807) is 7.11 Å². The van der Waals surface area contributed by atoms with Gasteiger partial charge in [-0.25, -0.2) is 0 Å². The van der Waals surface area contributed by atoms with Gasteiger partial charge in [-0.2, -0.15) is 0 Å². The maximum atomic E-state index is 14.1. The molecule has 4 aromatic rings. The molecule has 7 heteroatoms. The Kier molecular flexibility index (Phi) is 8.03. The van der Waals surface area contributed by atoms with Crippen LogP contribution in [0.1, 0.15) is 55.2 Å². The minimum atomic E-state index is 0.260. The molecule has 1 aromatic heterocycles. The molecule has 0 spiro atoms. The Bertz CT molecular complexity index is 1760. The number of carbonyl (C=O) groups is 1. The van der Waals surface area contributed by atoms with Crippen LogP contribution in [-0.2, 0) is 17.9 Å². The summed E-state index contributed by atoms with van der Waals surface area (Å²) in [5.41, 5.74) is 5.41. The maximum Gasteiger partial charge on any atom is 0.250 e. The van der Waals surface area contributed by atoms with Crippen LogP contribution in [0, 0.1) is 11.8 Å². The minimum absolute atomic E-state index is 0.260. The lowest BCUT2D eigenvalue weighted by Gasteiger charge is -2.58. The van der Waals surface area contributed by atoms with Crippen LogP contribution in [0.25, 0.3) is 17.0 Å². The first-order chi connectivity index (χ1) is 22.5. The van der Waals surface area contributed by atoms with Crippen molar-refractivity contribution in [3.8, 4) is 11.5 Å². The van der Waals surface area contributed by atoms with Crippen LogP contribution in [0.5, 0.6) is 11.5 Å². The number of piperidine rings is 4. The molecule has 3 aromatic carbocycles. The first-order valence-electron chi connectivity index (χ1n) is 16.9. The summed E-state index contributed by atoms with van der Waals surface area (Å²) in [7, 11) is 1.71. The van der Waals surface area contributed by atoms with Gasteiger partial charge in [-0.05, 0) is 123 Å². The number of nitrogens with zero attached hydrogens (tertiary/aromatic N) is 3. The number of hydrogen-bond acceptors (Lipinski definition) is 4. The number of ether oxygens (including phenoxy) is 2. The first kappa shape index (κ1) is 29.6. The van der Waals surface area contributed by atoms with E-state index in [1.807, 2.05) is 42.5 Å². The topological polar surface area (TPSA) is 46.9 Å². The van der Waals surface area contributed by atoms with Crippen molar-refractivity contribution in [2.45, 2.75) is 63.8 Å². The van der Waals surface area contributed by atoms with Gasteiger partial charge in [0.05, 0.1) is 7.11 Å². The smallest absolute Gasteiger partial charge is 0.250 e. The molecular formula is C39H42ClN3O3. The molecule has 0 saturated carbocycles. The lowest BCUT2D eigenvalue weighted by molar-refractivity contribution is -0.145. The van der Waals surface area contributed by atoms with Gasteiger partial charge in [-0.3, -0.25) is 9.69 Å².